The third kappa shape index (κ3) is 4.02. The van der Waals surface area contributed by atoms with Crippen LogP contribution in [0, 0.1) is 0 Å². The zero-order valence-electron chi connectivity index (χ0n) is 21.7. The fourth-order valence-corrected chi connectivity index (χ4v) is 5.81. The summed E-state index contributed by atoms with van der Waals surface area (Å²) in [6.07, 6.45) is 2.32. The summed E-state index contributed by atoms with van der Waals surface area (Å²) in [5, 5.41) is 21.2. The highest BCUT2D eigenvalue weighted by molar-refractivity contribution is 5.90. The average molecular weight is 532 g/mol. The van der Waals surface area contributed by atoms with Gasteiger partial charge in [-0.1, -0.05) is 13.5 Å². The maximum Gasteiger partial charge on any atom is 0.343 e. The predicted molar refractivity (Wildman–Crippen MR) is 141 cm³/mol. The average Bonchev–Trinajstić information content (AvgIpc) is 3.58. The molecule has 1 atom stereocenters. The van der Waals surface area contributed by atoms with Crippen molar-refractivity contribution in [3.63, 3.8) is 0 Å². The van der Waals surface area contributed by atoms with Gasteiger partial charge in [-0.15, -0.1) is 0 Å². The van der Waals surface area contributed by atoms with Crippen molar-refractivity contribution in [2.24, 2.45) is 0 Å². The van der Waals surface area contributed by atoms with E-state index in [-0.39, 0.29) is 41.9 Å². The number of aromatic nitrogens is 2. The number of aliphatic carboxylic acids is 1. The van der Waals surface area contributed by atoms with Crippen LogP contribution in [0.4, 0.5) is 0 Å². The van der Waals surface area contributed by atoms with Crippen molar-refractivity contribution in [2.45, 2.75) is 51.5 Å². The lowest BCUT2D eigenvalue weighted by Gasteiger charge is -2.31. The van der Waals surface area contributed by atoms with E-state index >= 15 is 0 Å². The van der Waals surface area contributed by atoms with Gasteiger partial charge in [0.2, 0.25) is 0 Å². The highest BCUT2D eigenvalue weighted by Gasteiger charge is 2.45. The lowest BCUT2D eigenvalue weighted by atomic mass is 9.86. The Balaban J connectivity index is 1.51. The van der Waals surface area contributed by atoms with E-state index in [1.165, 1.54) is 0 Å². The van der Waals surface area contributed by atoms with E-state index in [1.54, 1.807) is 23.6 Å². The second-order valence-electron chi connectivity index (χ2n) is 10.4. The summed E-state index contributed by atoms with van der Waals surface area (Å²) in [4.78, 5) is 44.6. The molecule has 3 aromatic rings. The van der Waals surface area contributed by atoms with E-state index in [1.807, 2.05) is 12.1 Å². The van der Waals surface area contributed by atoms with Crippen molar-refractivity contribution in [1.29, 1.82) is 0 Å². The number of hydrogen-bond acceptors (Lipinski definition) is 8. The molecular weight excluding hydrogens is 502 g/mol. The Morgan fingerprint density at radius 2 is 1.97 bits per heavy atom. The van der Waals surface area contributed by atoms with Crippen molar-refractivity contribution in [3.8, 4) is 17.1 Å². The Morgan fingerprint density at radius 1 is 1.21 bits per heavy atom. The van der Waals surface area contributed by atoms with Crippen LogP contribution < -0.4 is 10.3 Å². The first kappa shape index (κ1) is 25.3. The van der Waals surface area contributed by atoms with Crippen LogP contribution in [0.5, 0.6) is 5.75 Å². The first-order chi connectivity index (χ1) is 18.7. The third-order valence-corrected chi connectivity index (χ3v) is 8.07. The number of rotatable bonds is 7. The number of carbonyl (C=O) groups is 2. The van der Waals surface area contributed by atoms with Crippen molar-refractivity contribution in [3.05, 3.63) is 69.0 Å². The highest BCUT2D eigenvalue weighted by atomic mass is 16.6. The molecule has 5 heterocycles. The SMILES string of the molecule is C=C(COc1ccc2nc3c(c(CN4CCCC4)c2c1)Cn1c-3cc2c(c1=O)COC(=O)[C@]2(O)CC)C(=O)O. The fourth-order valence-electron chi connectivity index (χ4n) is 5.81. The molecule has 0 radical (unpaired) electrons. The number of cyclic esters (lactones) is 1. The first-order valence-corrected chi connectivity index (χ1v) is 13.1. The molecule has 1 fully saturated rings. The van der Waals surface area contributed by atoms with Crippen molar-refractivity contribution < 1.29 is 29.3 Å². The molecule has 0 amide bonds. The number of carboxylic acid groups (broad SMARTS) is 1. The summed E-state index contributed by atoms with van der Waals surface area (Å²) < 4.78 is 12.6. The summed E-state index contributed by atoms with van der Waals surface area (Å²) in [6, 6.07) is 7.14. The summed E-state index contributed by atoms with van der Waals surface area (Å²) in [5.74, 6) is -1.36. The molecule has 3 aliphatic rings. The van der Waals surface area contributed by atoms with Crippen LogP contribution in [0.3, 0.4) is 0 Å². The molecule has 10 heteroatoms. The summed E-state index contributed by atoms with van der Waals surface area (Å²) >= 11 is 0. The molecule has 2 N–H and O–H groups in total. The molecule has 3 aliphatic heterocycles. The van der Waals surface area contributed by atoms with Gasteiger partial charge < -0.3 is 24.3 Å². The number of benzene rings is 1. The molecule has 1 aromatic carbocycles. The van der Waals surface area contributed by atoms with Gasteiger partial charge in [-0.2, -0.15) is 0 Å². The summed E-state index contributed by atoms with van der Waals surface area (Å²) in [5.41, 5.74) is 2.21. The van der Waals surface area contributed by atoms with Crippen molar-refractivity contribution in [2.75, 3.05) is 19.7 Å². The van der Waals surface area contributed by atoms with E-state index in [0.29, 0.717) is 35.7 Å². The normalized spacial score (nSPS) is 19.9. The molecule has 0 unspecified atom stereocenters. The third-order valence-electron chi connectivity index (χ3n) is 8.07. The maximum atomic E-state index is 13.6. The van der Waals surface area contributed by atoms with Crippen molar-refractivity contribution >= 4 is 22.8 Å². The second-order valence-corrected chi connectivity index (χ2v) is 10.4. The smallest absolute Gasteiger partial charge is 0.343 e. The summed E-state index contributed by atoms with van der Waals surface area (Å²) in [7, 11) is 0. The number of fused-ring (bicyclic) bond motifs is 5. The fraction of sp³-hybridized carbons (Fsp3) is 0.379. The topological polar surface area (TPSA) is 131 Å². The van der Waals surface area contributed by atoms with Gasteiger partial charge in [-0.05, 0) is 62.2 Å². The standard InChI is InChI=1S/C29H29N3O7/c1-3-29(37)22-11-24-25-20(13-32(24)26(33)21(22)15-39-28(29)36)19(12-31-8-4-5-9-31)18-10-17(6-7-23(18)30-25)38-14-16(2)27(34)35/h6-7,10-11,37H,2-5,8-9,12-15H2,1H3,(H,34,35)/t29-/m0/s1. The van der Waals surface area contributed by atoms with Gasteiger partial charge in [-0.3, -0.25) is 9.69 Å². The largest absolute Gasteiger partial charge is 0.489 e. The second kappa shape index (κ2) is 9.32. The highest BCUT2D eigenvalue weighted by Crippen LogP contribution is 2.41. The number of ether oxygens (including phenoxy) is 2. The van der Waals surface area contributed by atoms with E-state index in [2.05, 4.69) is 11.5 Å². The number of carboxylic acids is 1. The molecule has 1 saturated heterocycles. The molecule has 6 rings (SSSR count). The lowest BCUT2D eigenvalue weighted by Crippen LogP contribution is -2.44. The number of nitrogens with zero attached hydrogens (tertiary/aromatic N) is 3. The van der Waals surface area contributed by atoms with Crippen LogP contribution in [0.15, 0.2) is 41.2 Å². The zero-order valence-corrected chi connectivity index (χ0v) is 21.7. The van der Waals surface area contributed by atoms with Crippen LogP contribution >= 0.6 is 0 Å². The van der Waals surface area contributed by atoms with E-state index in [9.17, 15) is 19.5 Å². The minimum atomic E-state index is -1.88. The molecule has 0 spiro atoms. The Hall–Kier alpha value is -4.02. The molecule has 202 valence electrons. The maximum absolute atomic E-state index is 13.6. The number of aliphatic hydroxyl groups is 1. The monoisotopic (exact) mass is 531 g/mol. The van der Waals surface area contributed by atoms with Gasteiger partial charge in [0.25, 0.3) is 5.56 Å². The molecule has 0 saturated carbocycles. The van der Waals surface area contributed by atoms with Crippen LogP contribution in [0.25, 0.3) is 22.3 Å². The zero-order chi connectivity index (χ0) is 27.5. The van der Waals surface area contributed by atoms with Gasteiger partial charge in [0, 0.05) is 23.1 Å². The van der Waals surface area contributed by atoms with E-state index in [0.717, 1.165) is 42.4 Å². The number of hydrogen-bond donors (Lipinski definition) is 2. The van der Waals surface area contributed by atoms with E-state index in [4.69, 9.17) is 19.6 Å². The molecule has 10 nitrogen and oxygen atoms in total. The Kier molecular flexibility index (Phi) is 6.04. The van der Waals surface area contributed by atoms with E-state index < -0.39 is 17.5 Å². The first-order valence-electron chi connectivity index (χ1n) is 13.1. The molecular formula is C29H29N3O7. The van der Waals surface area contributed by atoms with Crippen LogP contribution in [0.1, 0.15) is 48.4 Å². The van der Waals surface area contributed by atoms with Crippen LogP contribution in [-0.4, -0.2) is 56.3 Å². The Morgan fingerprint density at radius 3 is 2.69 bits per heavy atom. The minimum absolute atomic E-state index is 0.0484. The van der Waals surface area contributed by atoms with Gasteiger partial charge in [0.1, 0.15) is 19.0 Å². The Bertz CT molecular complexity index is 1620. The number of esters is 1. The van der Waals surface area contributed by atoms with Gasteiger partial charge in [0.05, 0.1) is 34.6 Å². The predicted octanol–water partition coefficient (Wildman–Crippen LogP) is 2.70. The lowest BCUT2D eigenvalue weighted by molar-refractivity contribution is -0.172. The number of likely N-dealkylation sites (tertiary alicyclic amines) is 1. The molecule has 39 heavy (non-hydrogen) atoms. The van der Waals surface area contributed by atoms with Gasteiger partial charge in [-0.25, -0.2) is 14.6 Å². The Labute approximate surface area is 224 Å². The summed E-state index contributed by atoms with van der Waals surface area (Å²) in [6.45, 7) is 7.80. The molecule has 0 bridgehead atoms. The number of pyridine rings is 2. The minimum Gasteiger partial charge on any atom is -0.489 e. The molecule has 0 aliphatic carbocycles. The van der Waals surface area contributed by atoms with Gasteiger partial charge >= 0.3 is 11.9 Å². The van der Waals surface area contributed by atoms with Crippen molar-refractivity contribution in [1.82, 2.24) is 14.5 Å². The van der Waals surface area contributed by atoms with Crippen LogP contribution in [0.2, 0.25) is 0 Å². The molecule has 2 aromatic heterocycles. The quantitative estimate of drug-likeness (QED) is 0.273. The number of carbonyl (C=O) groups excluding carboxylic acids is 1. The van der Waals surface area contributed by atoms with Gasteiger partial charge in [0.15, 0.2) is 5.60 Å². The van der Waals surface area contributed by atoms with Crippen LogP contribution in [-0.2, 0) is 39.6 Å².